The van der Waals surface area contributed by atoms with Crippen molar-refractivity contribution in [2.45, 2.75) is 50.7 Å². The first kappa shape index (κ1) is 19.2. The van der Waals surface area contributed by atoms with Crippen LogP contribution in [0.5, 0.6) is 0 Å². The van der Waals surface area contributed by atoms with E-state index < -0.39 is 5.82 Å². The van der Waals surface area contributed by atoms with Crippen LogP contribution in [-0.4, -0.2) is 47.1 Å². The molecule has 2 fully saturated rings. The minimum atomic E-state index is -0.424. The molecule has 158 valence electrons. The minimum absolute atomic E-state index is 0.121. The zero-order valence-corrected chi connectivity index (χ0v) is 17.3. The highest BCUT2D eigenvalue weighted by Crippen LogP contribution is 2.53. The van der Waals surface area contributed by atoms with Gasteiger partial charge in [-0.15, -0.1) is 0 Å². The molecule has 1 amide bonds. The van der Waals surface area contributed by atoms with Crippen LogP contribution in [0.4, 0.5) is 21.8 Å². The Kier molecular flexibility index (Phi) is 4.81. The van der Waals surface area contributed by atoms with E-state index in [4.69, 9.17) is 4.74 Å². The number of ether oxygens (including phenoxy) is 1. The smallest absolute Gasteiger partial charge is 0.229 e. The second kappa shape index (κ2) is 7.50. The van der Waals surface area contributed by atoms with Crippen molar-refractivity contribution >= 4 is 23.4 Å². The molecule has 0 saturated carbocycles. The molecule has 3 aliphatic heterocycles. The summed E-state index contributed by atoms with van der Waals surface area (Å²) in [6.45, 7) is 2.94. The van der Waals surface area contributed by atoms with E-state index in [1.165, 1.54) is 17.3 Å². The predicted octanol–water partition coefficient (Wildman–Crippen LogP) is 3.71. The molecular weight excluding hydrogens is 385 g/mol. The fraction of sp³-hybridized carbons (Fsp3) is 0.500. The fourth-order valence-electron chi connectivity index (χ4n) is 5.33. The lowest BCUT2D eigenvalue weighted by molar-refractivity contribution is -0.131. The minimum Gasteiger partial charge on any atom is -0.383 e. The number of methoxy groups -OCH3 is 1. The number of anilines is 3. The number of hydrogen-bond acceptors (Lipinski definition) is 6. The molecule has 4 heterocycles. The van der Waals surface area contributed by atoms with Gasteiger partial charge in [-0.1, -0.05) is 6.07 Å². The van der Waals surface area contributed by atoms with Crippen LogP contribution in [0.1, 0.15) is 55.8 Å². The number of halogens is 1. The first-order chi connectivity index (χ1) is 14.6. The topological polar surface area (TPSA) is 70.6 Å². The molecule has 8 heteroatoms. The van der Waals surface area contributed by atoms with Gasteiger partial charge in [0.05, 0.1) is 30.9 Å². The van der Waals surface area contributed by atoms with Crippen LogP contribution < -0.4 is 10.2 Å². The Labute approximate surface area is 175 Å². The average molecular weight is 411 g/mol. The molecule has 7 nitrogen and oxygen atoms in total. The molecule has 3 aliphatic rings. The third-order valence-corrected chi connectivity index (χ3v) is 6.54. The summed E-state index contributed by atoms with van der Waals surface area (Å²) in [6, 6.07) is 6.60. The van der Waals surface area contributed by atoms with Gasteiger partial charge in [0.15, 0.2) is 11.6 Å². The lowest BCUT2D eigenvalue weighted by Crippen LogP contribution is -2.34. The highest BCUT2D eigenvalue weighted by atomic mass is 19.1. The number of fused-ring (bicyclic) bond motifs is 5. The first-order valence-corrected chi connectivity index (χ1v) is 10.5. The largest absolute Gasteiger partial charge is 0.383 e. The van der Waals surface area contributed by atoms with Crippen molar-refractivity contribution in [3.63, 3.8) is 0 Å². The maximum atomic E-state index is 14.5. The molecule has 2 bridgehead atoms. The molecule has 5 rings (SSSR count). The molecule has 1 aromatic heterocycles. The molecule has 2 aromatic rings. The predicted molar refractivity (Wildman–Crippen MR) is 111 cm³/mol. The molecule has 0 unspecified atom stereocenters. The van der Waals surface area contributed by atoms with E-state index in [2.05, 4.69) is 27.4 Å². The van der Waals surface area contributed by atoms with Gasteiger partial charge in [-0.3, -0.25) is 4.79 Å². The average Bonchev–Trinajstić information content (AvgIpc) is 3.43. The van der Waals surface area contributed by atoms with Crippen LogP contribution in [0.3, 0.4) is 0 Å². The summed E-state index contributed by atoms with van der Waals surface area (Å²) in [6.07, 6.45) is 5.18. The number of hydrogen-bond donors (Lipinski definition) is 1. The summed E-state index contributed by atoms with van der Waals surface area (Å²) < 4.78 is 19.8. The number of nitrogens with one attached hydrogen (secondary N) is 1. The van der Waals surface area contributed by atoms with Crippen molar-refractivity contribution in [2.24, 2.45) is 0 Å². The highest BCUT2D eigenvalue weighted by Gasteiger charge is 2.45. The number of nitrogens with zero attached hydrogens (tertiary/aromatic N) is 4. The normalized spacial score (nSPS) is 24.4. The first-order valence-electron chi connectivity index (χ1n) is 10.5. The molecule has 30 heavy (non-hydrogen) atoms. The third kappa shape index (κ3) is 3.10. The van der Waals surface area contributed by atoms with Crippen molar-refractivity contribution < 1.29 is 13.9 Å². The lowest BCUT2D eigenvalue weighted by Gasteiger charge is -2.25. The second-order valence-corrected chi connectivity index (χ2v) is 8.31. The Morgan fingerprint density at radius 2 is 2.07 bits per heavy atom. The monoisotopic (exact) mass is 411 g/mol. The van der Waals surface area contributed by atoms with Gasteiger partial charge in [-0.2, -0.15) is 4.98 Å². The van der Waals surface area contributed by atoms with E-state index in [0.29, 0.717) is 18.4 Å². The van der Waals surface area contributed by atoms with Crippen LogP contribution in [0.15, 0.2) is 24.4 Å². The summed E-state index contributed by atoms with van der Waals surface area (Å²) in [5, 5.41) is 3.22. The van der Waals surface area contributed by atoms with E-state index >= 15 is 0 Å². The number of amides is 1. The maximum absolute atomic E-state index is 14.5. The van der Waals surface area contributed by atoms with Crippen molar-refractivity contribution in [3.8, 4) is 0 Å². The summed E-state index contributed by atoms with van der Waals surface area (Å²) in [4.78, 5) is 24.6. The molecule has 0 radical (unpaired) electrons. The quantitative estimate of drug-likeness (QED) is 0.809. The number of carbonyl (C=O) groups is 1. The van der Waals surface area contributed by atoms with Gasteiger partial charge < -0.3 is 19.9 Å². The standard InChI is InChI=1S/C22H26FN5O2/c1-13(29)28-19-7-8-20(28)17-10-14(5-6-16(17)19)25-22-24-11-18(23)21(26-22)27-9-3-4-15(27)12-30-2/h5-6,10-11,15,19-20H,3-4,7-9,12H2,1-2H3,(H,24,25,26)/t15-,19-,20+/m0/s1. The fourth-order valence-corrected chi connectivity index (χ4v) is 5.33. The maximum Gasteiger partial charge on any atom is 0.229 e. The van der Waals surface area contributed by atoms with E-state index in [0.717, 1.165) is 37.9 Å². The van der Waals surface area contributed by atoms with E-state index in [1.54, 1.807) is 14.0 Å². The number of benzene rings is 1. The van der Waals surface area contributed by atoms with E-state index in [9.17, 15) is 9.18 Å². The zero-order chi connectivity index (χ0) is 20.8. The third-order valence-electron chi connectivity index (χ3n) is 6.54. The Balaban J connectivity index is 1.40. The van der Waals surface area contributed by atoms with Gasteiger partial charge in [-0.25, -0.2) is 9.37 Å². The van der Waals surface area contributed by atoms with Crippen LogP contribution in [-0.2, 0) is 9.53 Å². The molecule has 1 aromatic carbocycles. The van der Waals surface area contributed by atoms with Gasteiger partial charge in [0.25, 0.3) is 0 Å². The van der Waals surface area contributed by atoms with Gasteiger partial charge in [0, 0.05) is 26.3 Å². The summed E-state index contributed by atoms with van der Waals surface area (Å²) in [7, 11) is 1.66. The Morgan fingerprint density at radius 3 is 2.83 bits per heavy atom. The van der Waals surface area contributed by atoms with Gasteiger partial charge >= 0.3 is 0 Å². The van der Waals surface area contributed by atoms with Gasteiger partial charge in [0.1, 0.15) is 0 Å². The second-order valence-electron chi connectivity index (χ2n) is 8.31. The Bertz CT molecular complexity index is 984. The van der Waals surface area contributed by atoms with Crippen LogP contribution in [0, 0.1) is 5.82 Å². The molecule has 2 saturated heterocycles. The van der Waals surface area contributed by atoms with Gasteiger partial charge in [-0.05, 0) is 48.9 Å². The summed E-state index contributed by atoms with van der Waals surface area (Å²) in [5.41, 5.74) is 3.26. The Hall–Kier alpha value is -2.74. The molecule has 1 N–H and O–H groups in total. The Morgan fingerprint density at radius 1 is 1.27 bits per heavy atom. The van der Waals surface area contributed by atoms with Crippen molar-refractivity contribution in [1.82, 2.24) is 14.9 Å². The van der Waals surface area contributed by atoms with Crippen LogP contribution in [0.25, 0.3) is 0 Å². The summed E-state index contributed by atoms with van der Waals surface area (Å²) >= 11 is 0. The highest BCUT2D eigenvalue weighted by molar-refractivity contribution is 5.77. The molecule has 0 aliphatic carbocycles. The van der Waals surface area contributed by atoms with Crippen molar-refractivity contribution in [1.29, 1.82) is 0 Å². The van der Waals surface area contributed by atoms with Crippen molar-refractivity contribution in [3.05, 3.63) is 41.3 Å². The molecular formula is C22H26FN5O2. The summed E-state index contributed by atoms with van der Waals surface area (Å²) in [5.74, 6) is 0.374. The van der Waals surface area contributed by atoms with E-state index in [1.807, 2.05) is 15.9 Å². The molecule has 0 spiro atoms. The lowest BCUT2D eigenvalue weighted by atomic mass is 9.91. The number of aromatic nitrogens is 2. The van der Waals surface area contributed by atoms with Gasteiger partial charge in [0.2, 0.25) is 11.9 Å². The molecule has 3 atom stereocenters. The number of carbonyl (C=O) groups excluding carboxylic acids is 1. The SMILES string of the molecule is COC[C@@H]1CCCN1c1nc(Nc2ccc3c(c2)[C@H]2CC[C@@H]3N2C(C)=O)ncc1F. The van der Waals surface area contributed by atoms with Crippen LogP contribution >= 0.6 is 0 Å². The van der Waals surface area contributed by atoms with E-state index in [-0.39, 0.29) is 24.0 Å². The van der Waals surface area contributed by atoms with Crippen LogP contribution in [0.2, 0.25) is 0 Å². The number of rotatable bonds is 5. The van der Waals surface area contributed by atoms with Crippen molar-refractivity contribution in [2.75, 3.05) is 30.5 Å². The zero-order valence-electron chi connectivity index (χ0n) is 17.3.